The first kappa shape index (κ1) is 22.4. The smallest absolute Gasteiger partial charge is 0.446 e. The third-order valence-electron chi connectivity index (χ3n) is 5.30. The maximum atomic E-state index is 13.4. The number of carbonyl (C=O) groups is 2. The van der Waals surface area contributed by atoms with Crippen LogP contribution in [-0.4, -0.2) is 33.5 Å². The molecule has 0 unspecified atom stereocenters. The molecule has 3 aromatic rings. The zero-order valence-corrected chi connectivity index (χ0v) is 17.0. The van der Waals surface area contributed by atoms with Crippen LogP contribution in [0.1, 0.15) is 40.9 Å². The van der Waals surface area contributed by atoms with Gasteiger partial charge >= 0.3 is 12.3 Å². The van der Waals surface area contributed by atoms with Crippen LogP contribution in [0.4, 0.5) is 22.4 Å². The minimum Gasteiger partial charge on any atom is -0.446 e. The van der Waals surface area contributed by atoms with Crippen LogP contribution >= 0.6 is 0 Å². The van der Waals surface area contributed by atoms with Crippen LogP contribution < -0.4 is 0 Å². The van der Waals surface area contributed by atoms with Gasteiger partial charge in [-0.15, -0.1) is 0 Å². The van der Waals surface area contributed by atoms with Gasteiger partial charge in [-0.05, 0) is 28.8 Å². The van der Waals surface area contributed by atoms with E-state index in [-0.39, 0.29) is 18.6 Å². The topological polar surface area (TPSA) is 72.4 Å². The molecule has 4 rings (SSSR count). The van der Waals surface area contributed by atoms with Gasteiger partial charge < -0.3 is 4.74 Å². The van der Waals surface area contributed by atoms with Crippen LogP contribution in [0.3, 0.4) is 0 Å². The van der Waals surface area contributed by atoms with Gasteiger partial charge in [-0.3, -0.25) is 4.79 Å². The Kier molecular flexibility index (Phi) is 6.08. The average molecular weight is 459 g/mol. The van der Waals surface area contributed by atoms with E-state index < -0.39 is 41.8 Å². The van der Waals surface area contributed by atoms with Gasteiger partial charge in [-0.25, -0.2) is 24.1 Å². The van der Waals surface area contributed by atoms with Gasteiger partial charge in [0.05, 0.1) is 0 Å². The highest BCUT2D eigenvalue weighted by atomic mass is 19.4. The zero-order valence-electron chi connectivity index (χ0n) is 17.0. The Morgan fingerprint density at radius 2 is 1.67 bits per heavy atom. The summed E-state index contributed by atoms with van der Waals surface area (Å²) in [6.45, 7) is -0.0147. The second-order valence-electron chi connectivity index (χ2n) is 7.41. The number of benzene rings is 2. The predicted molar refractivity (Wildman–Crippen MR) is 107 cm³/mol. The fourth-order valence-corrected chi connectivity index (χ4v) is 3.68. The number of cyclic esters (lactones) is 1. The first-order chi connectivity index (χ1) is 15.7. The minimum atomic E-state index is -4.72. The van der Waals surface area contributed by atoms with Crippen LogP contribution in [0.2, 0.25) is 0 Å². The van der Waals surface area contributed by atoms with Gasteiger partial charge in [0.15, 0.2) is 0 Å². The standard InChI is InChI=1S/C23H17F4N3O3/c24-17-8-6-14(7-9-17)18(16-11-28-21(29-12-16)23(25,26)27)10-20(31)30-19(13-33-22(30)32)15-4-2-1-3-5-15/h1-9,11-12,18-19H,10,13H2/t18-,19-/m0/s1. The summed E-state index contributed by atoms with van der Waals surface area (Å²) in [4.78, 5) is 33.3. The molecular formula is C23H17F4N3O3. The fourth-order valence-electron chi connectivity index (χ4n) is 3.68. The van der Waals surface area contributed by atoms with E-state index in [9.17, 15) is 27.2 Å². The summed E-state index contributed by atoms with van der Waals surface area (Å²) in [7, 11) is 0. The summed E-state index contributed by atoms with van der Waals surface area (Å²) in [6.07, 6.45) is -3.86. The van der Waals surface area contributed by atoms with Crippen molar-refractivity contribution in [3.8, 4) is 0 Å². The van der Waals surface area contributed by atoms with Crippen molar-refractivity contribution in [2.75, 3.05) is 6.61 Å². The number of ether oxygens (including phenoxy) is 1. The number of alkyl halides is 3. The molecule has 1 aromatic heterocycles. The number of nitrogens with zero attached hydrogens (tertiary/aromatic N) is 3. The quantitative estimate of drug-likeness (QED) is 0.509. The number of imide groups is 1. The summed E-state index contributed by atoms with van der Waals surface area (Å²) in [5, 5.41) is 0. The summed E-state index contributed by atoms with van der Waals surface area (Å²) in [6, 6.07) is 13.4. The second-order valence-corrected chi connectivity index (χ2v) is 7.41. The van der Waals surface area contributed by atoms with Gasteiger partial charge in [0.2, 0.25) is 11.7 Å². The number of amides is 2. The molecule has 0 saturated carbocycles. The monoisotopic (exact) mass is 459 g/mol. The zero-order chi connectivity index (χ0) is 23.6. The molecule has 0 aliphatic carbocycles. The normalized spacial score (nSPS) is 17.0. The Bertz CT molecular complexity index is 1140. The van der Waals surface area contributed by atoms with Gasteiger partial charge in [0.1, 0.15) is 18.5 Å². The van der Waals surface area contributed by atoms with Crippen molar-refractivity contribution in [1.29, 1.82) is 0 Å². The maximum Gasteiger partial charge on any atom is 0.451 e. The molecule has 10 heteroatoms. The SMILES string of the molecule is O=C(C[C@@H](c1ccc(F)cc1)c1cnc(C(F)(F)F)nc1)N1C(=O)OC[C@H]1c1ccccc1. The molecule has 170 valence electrons. The fraction of sp³-hybridized carbons (Fsp3) is 0.217. The number of hydrogen-bond acceptors (Lipinski definition) is 5. The van der Waals surface area contributed by atoms with Crippen molar-refractivity contribution in [1.82, 2.24) is 14.9 Å². The lowest BCUT2D eigenvalue weighted by atomic mass is 9.89. The van der Waals surface area contributed by atoms with Crippen LogP contribution in [0.5, 0.6) is 0 Å². The summed E-state index contributed by atoms with van der Waals surface area (Å²) in [5.41, 5.74) is 1.37. The summed E-state index contributed by atoms with van der Waals surface area (Å²) < 4.78 is 57.1. The molecular weight excluding hydrogens is 442 g/mol. The van der Waals surface area contributed by atoms with Crippen molar-refractivity contribution in [3.63, 3.8) is 0 Å². The highest BCUT2D eigenvalue weighted by Gasteiger charge is 2.40. The van der Waals surface area contributed by atoms with E-state index in [4.69, 9.17) is 4.74 Å². The Labute approximate surface area is 185 Å². The molecule has 0 N–H and O–H groups in total. The van der Waals surface area contributed by atoms with Gasteiger partial charge in [-0.2, -0.15) is 13.2 Å². The van der Waals surface area contributed by atoms with Crippen LogP contribution in [0.25, 0.3) is 0 Å². The van der Waals surface area contributed by atoms with Gasteiger partial charge in [-0.1, -0.05) is 42.5 Å². The molecule has 1 aliphatic heterocycles. The number of halogens is 4. The molecule has 33 heavy (non-hydrogen) atoms. The van der Waals surface area contributed by atoms with E-state index in [1.165, 1.54) is 24.3 Å². The van der Waals surface area contributed by atoms with Crippen LogP contribution in [0.15, 0.2) is 67.0 Å². The van der Waals surface area contributed by atoms with E-state index in [2.05, 4.69) is 9.97 Å². The van der Waals surface area contributed by atoms with Crippen molar-refractivity contribution >= 4 is 12.0 Å². The number of carbonyl (C=O) groups excluding carboxylic acids is 2. The van der Waals surface area contributed by atoms with E-state index in [0.29, 0.717) is 11.1 Å². The molecule has 1 fully saturated rings. The molecule has 1 saturated heterocycles. The lowest BCUT2D eigenvalue weighted by Gasteiger charge is -2.23. The molecule has 0 bridgehead atoms. The highest BCUT2D eigenvalue weighted by molar-refractivity contribution is 5.94. The van der Waals surface area contributed by atoms with Crippen molar-refractivity contribution in [3.05, 3.63) is 95.3 Å². The van der Waals surface area contributed by atoms with Crippen LogP contribution in [0, 0.1) is 5.82 Å². The molecule has 0 radical (unpaired) electrons. The molecule has 1 aliphatic rings. The molecule has 2 aromatic carbocycles. The van der Waals surface area contributed by atoms with Crippen molar-refractivity contribution in [2.24, 2.45) is 0 Å². The molecule has 6 nitrogen and oxygen atoms in total. The minimum absolute atomic E-state index is 0.0147. The van der Waals surface area contributed by atoms with E-state index in [1.807, 2.05) is 0 Å². The third kappa shape index (κ3) is 4.84. The summed E-state index contributed by atoms with van der Waals surface area (Å²) in [5.74, 6) is -3.24. The van der Waals surface area contributed by atoms with E-state index >= 15 is 0 Å². The van der Waals surface area contributed by atoms with E-state index in [1.54, 1.807) is 30.3 Å². The highest BCUT2D eigenvalue weighted by Crippen LogP contribution is 2.34. The van der Waals surface area contributed by atoms with Crippen molar-refractivity contribution in [2.45, 2.75) is 24.6 Å². The van der Waals surface area contributed by atoms with Gasteiger partial charge in [0.25, 0.3) is 0 Å². The van der Waals surface area contributed by atoms with E-state index in [0.717, 1.165) is 17.3 Å². The third-order valence-corrected chi connectivity index (χ3v) is 5.30. The molecule has 2 amide bonds. The number of hydrogen-bond donors (Lipinski definition) is 0. The molecule has 2 atom stereocenters. The number of aromatic nitrogens is 2. The molecule has 0 spiro atoms. The number of rotatable bonds is 5. The Morgan fingerprint density at radius 3 is 2.27 bits per heavy atom. The maximum absolute atomic E-state index is 13.4. The largest absolute Gasteiger partial charge is 0.451 e. The second kappa shape index (κ2) is 8.97. The lowest BCUT2D eigenvalue weighted by molar-refractivity contribution is -0.145. The summed E-state index contributed by atoms with van der Waals surface area (Å²) >= 11 is 0. The Hall–Kier alpha value is -3.82. The van der Waals surface area contributed by atoms with Crippen LogP contribution in [-0.2, 0) is 15.7 Å². The first-order valence-corrected chi connectivity index (χ1v) is 9.92. The average Bonchev–Trinajstić information content (AvgIpc) is 3.20. The Balaban J connectivity index is 1.65. The molecule has 2 heterocycles. The first-order valence-electron chi connectivity index (χ1n) is 9.92. The van der Waals surface area contributed by atoms with Gasteiger partial charge in [0, 0.05) is 24.7 Å². The lowest BCUT2D eigenvalue weighted by Crippen LogP contribution is -2.35. The van der Waals surface area contributed by atoms with Crippen molar-refractivity contribution < 1.29 is 31.9 Å². The predicted octanol–water partition coefficient (Wildman–Crippen LogP) is 4.88. The Morgan fingerprint density at radius 1 is 1.03 bits per heavy atom.